The Morgan fingerprint density at radius 1 is 1.38 bits per heavy atom. The molecule has 0 unspecified atom stereocenters. The zero-order valence-electron chi connectivity index (χ0n) is 8.13. The highest BCUT2D eigenvalue weighted by molar-refractivity contribution is 5.79. The van der Waals surface area contributed by atoms with Gasteiger partial charge >= 0.3 is 0 Å². The zero-order valence-corrected chi connectivity index (χ0v) is 8.13. The van der Waals surface area contributed by atoms with Crippen LogP contribution in [-0.4, -0.2) is 6.29 Å². The summed E-state index contributed by atoms with van der Waals surface area (Å²) in [6.07, 6.45) is 7.38. The Bertz CT molecular complexity index is 327. The minimum Gasteiger partial charge on any atom is -0.298 e. The second-order valence-corrected chi connectivity index (χ2v) is 3.33. The highest BCUT2D eigenvalue weighted by Crippen LogP contribution is 2.21. The van der Waals surface area contributed by atoms with E-state index in [2.05, 4.69) is 13.5 Å². The molecule has 1 nitrogen and oxygen atoms in total. The average molecular weight is 174 g/mol. The maximum atomic E-state index is 10.7. The van der Waals surface area contributed by atoms with Gasteiger partial charge in [0.05, 0.1) is 0 Å². The van der Waals surface area contributed by atoms with Crippen LogP contribution in [0.15, 0.2) is 47.1 Å². The molecule has 0 saturated heterocycles. The topological polar surface area (TPSA) is 17.1 Å². The van der Waals surface area contributed by atoms with Crippen molar-refractivity contribution in [3.8, 4) is 0 Å². The van der Waals surface area contributed by atoms with Gasteiger partial charge in [0, 0.05) is 5.57 Å². The molecule has 0 N–H and O–H groups in total. The number of hydrogen-bond acceptors (Lipinski definition) is 1. The predicted octanol–water partition coefficient (Wildman–Crippen LogP) is 2.96. The van der Waals surface area contributed by atoms with Gasteiger partial charge in [-0.25, -0.2) is 0 Å². The van der Waals surface area contributed by atoms with Gasteiger partial charge in [-0.15, -0.1) is 0 Å². The third-order valence-electron chi connectivity index (χ3n) is 2.28. The van der Waals surface area contributed by atoms with Gasteiger partial charge in [0.25, 0.3) is 0 Å². The van der Waals surface area contributed by atoms with Crippen molar-refractivity contribution in [1.82, 2.24) is 0 Å². The van der Waals surface area contributed by atoms with Crippen LogP contribution in [0.3, 0.4) is 0 Å². The smallest absolute Gasteiger partial charge is 0.150 e. The number of rotatable bonds is 2. The summed E-state index contributed by atoms with van der Waals surface area (Å²) in [5.41, 5.74) is 4.30. The van der Waals surface area contributed by atoms with E-state index in [9.17, 15) is 4.79 Å². The molecule has 0 aliphatic heterocycles. The van der Waals surface area contributed by atoms with Crippen molar-refractivity contribution in [3.05, 3.63) is 47.1 Å². The highest BCUT2D eigenvalue weighted by atomic mass is 16.1. The van der Waals surface area contributed by atoms with E-state index in [1.807, 2.05) is 19.1 Å². The summed E-state index contributed by atoms with van der Waals surface area (Å²) >= 11 is 0. The molecule has 0 fully saturated rings. The highest BCUT2D eigenvalue weighted by Gasteiger charge is 2.04. The summed E-state index contributed by atoms with van der Waals surface area (Å²) in [7, 11) is 0. The molecule has 1 heteroatoms. The summed E-state index contributed by atoms with van der Waals surface area (Å²) in [6, 6.07) is 0. The largest absolute Gasteiger partial charge is 0.298 e. The van der Waals surface area contributed by atoms with E-state index in [0.717, 1.165) is 23.9 Å². The quantitative estimate of drug-likeness (QED) is 0.588. The number of hydrogen-bond donors (Lipinski definition) is 0. The SMILES string of the molecule is C=CC1=CC(C=O)=CC(C)=C(C)C1. The Labute approximate surface area is 79.2 Å². The van der Waals surface area contributed by atoms with Crippen LogP contribution in [0.5, 0.6) is 0 Å². The van der Waals surface area contributed by atoms with Gasteiger partial charge in [0.1, 0.15) is 6.29 Å². The number of aldehydes is 1. The van der Waals surface area contributed by atoms with Gasteiger partial charge in [-0.3, -0.25) is 4.79 Å². The monoisotopic (exact) mass is 174 g/mol. The van der Waals surface area contributed by atoms with Gasteiger partial charge in [-0.1, -0.05) is 23.8 Å². The van der Waals surface area contributed by atoms with Gasteiger partial charge in [-0.2, -0.15) is 0 Å². The minimum atomic E-state index is 0.726. The molecule has 0 aromatic carbocycles. The lowest BCUT2D eigenvalue weighted by Gasteiger charge is -2.01. The summed E-state index contributed by atoms with van der Waals surface area (Å²) in [6.45, 7) is 7.83. The van der Waals surface area contributed by atoms with Crippen molar-refractivity contribution in [2.24, 2.45) is 0 Å². The van der Waals surface area contributed by atoms with Gasteiger partial charge < -0.3 is 0 Å². The first-order valence-corrected chi connectivity index (χ1v) is 4.33. The Balaban J connectivity index is 3.15. The molecule has 1 aliphatic rings. The molecule has 1 aliphatic carbocycles. The Hall–Kier alpha value is -1.37. The van der Waals surface area contributed by atoms with Gasteiger partial charge in [0.2, 0.25) is 0 Å². The summed E-state index contributed by atoms with van der Waals surface area (Å²) in [5.74, 6) is 0. The van der Waals surface area contributed by atoms with Crippen molar-refractivity contribution < 1.29 is 4.79 Å². The molecule has 13 heavy (non-hydrogen) atoms. The lowest BCUT2D eigenvalue weighted by molar-refractivity contribution is -0.104. The second kappa shape index (κ2) is 4.04. The lowest BCUT2D eigenvalue weighted by atomic mass is 10.0. The van der Waals surface area contributed by atoms with E-state index < -0.39 is 0 Å². The van der Waals surface area contributed by atoms with Crippen LogP contribution >= 0.6 is 0 Å². The van der Waals surface area contributed by atoms with Crippen molar-refractivity contribution in [2.45, 2.75) is 20.3 Å². The molecule has 0 atom stereocenters. The lowest BCUT2D eigenvalue weighted by Crippen LogP contribution is -1.82. The molecule has 0 aromatic heterocycles. The molecular formula is C12H14O. The van der Waals surface area contributed by atoms with Crippen LogP contribution < -0.4 is 0 Å². The van der Waals surface area contributed by atoms with E-state index in [1.165, 1.54) is 11.1 Å². The van der Waals surface area contributed by atoms with Gasteiger partial charge in [0.15, 0.2) is 0 Å². The standard InChI is InChI=1S/C12H14O/c1-4-11-5-9(2)10(3)6-12(7-11)8-13/h4,6-8H,1,5H2,2-3H3. The Kier molecular flexibility index (Phi) is 3.02. The van der Waals surface area contributed by atoms with Crippen LogP contribution in [0, 0.1) is 0 Å². The van der Waals surface area contributed by atoms with E-state index in [-0.39, 0.29) is 0 Å². The Morgan fingerprint density at radius 3 is 2.62 bits per heavy atom. The normalized spacial score (nSPS) is 17.4. The molecule has 0 heterocycles. The third kappa shape index (κ3) is 2.28. The minimum absolute atomic E-state index is 0.726. The van der Waals surface area contributed by atoms with Crippen molar-refractivity contribution in [1.29, 1.82) is 0 Å². The summed E-state index contributed by atoms with van der Waals surface area (Å²) in [4.78, 5) is 10.7. The molecule has 0 aromatic rings. The van der Waals surface area contributed by atoms with E-state index in [0.29, 0.717) is 0 Å². The fourth-order valence-electron chi connectivity index (χ4n) is 1.32. The fourth-order valence-corrected chi connectivity index (χ4v) is 1.32. The number of carbonyl (C=O) groups excluding carboxylic acids is 1. The summed E-state index contributed by atoms with van der Waals surface area (Å²) < 4.78 is 0. The van der Waals surface area contributed by atoms with Crippen LogP contribution in [0.2, 0.25) is 0 Å². The first-order chi connectivity index (χ1) is 6.17. The van der Waals surface area contributed by atoms with Crippen LogP contribution in [0.1, 0.15) is 20.3 Å². The van der Waals surface area contributed by atoms with Gasteiger partial charge in [-0.05, 0) is 38.0 Å². The van der Waals surface area contributed by atoms with Crippen molar-refractivity contribution >= 4 is 6.29 Å². The number of carbonyl (C=O) groups is 1. The predicted molar refractivity (Wildman–Crippen MR) is 55.4 cm³/mol. The maximum Gasteiger partial charge on any atom is 0.150 e. The zero-order chi connectivity index (χ0) is 9.84. The molecule has 0 saturated carbocycles. The van der Waals surface area contributed by atoms with E-state index in [1.54, 1.807) is 6.08 Å². The fraction of sp³-hybridized carbons (Fsp3) is 0.250. The third-order valence-corrected chi connectivity index (χ3v) is 2.28. The van der Waals surface area contributed by atoms with Crippen LogP contribution in [0.4, 0.5) is 0 Å². The summed E-state index contributed by atoms with van der Waals surface area (Å²) in [5, 5.41) is 0. The second-order valence-electron chi connectivity index (χ2n) is 3.33. The molecule has 1 rings (SSSR count). The Morgan fingerprint density at radius 2 is 2.08 bits per heavy atom. The molecule has 0 amide bonds. The first kappa shape index (κ1) is 9.72. The molecule has 68 valence electrons. The van der Waals surface area contributed by atoms with Crippen molar-refractivity contribution in [3.63, 3.8) is 0 Å². The number of allylic oxidation sites excluding steroid dienone is 7. The molecular weight excluding hydrogens is 160 g/mol. The van der Waals surface area contributed by atoms with Crippen LogP contribution in [-0.2, 0) is 4.79 Å². The maximum absolute atomic E-state index is 10.7. The first-order valence-electron chi connectivity index (χ1n) is 4.33. The average Bonchev–Trinajstić information content (AvgIpc) is 2.27. The van der Waals surface area contributed by atoms with E-state index >= 15 is 0 Å². The molecule has 0 radical (unpaired) electrons. The van der Waals surface area contributed by atoms with Crippen LogP contribution in [0.25, 0.3) is 0 Å². The molecule has 0 spiro atoms. The van der Waals surface area contributed by atoms with E-state index in [4.69, 9.17) is 0 Å². The molecule has 0 bridgehead atoms. The van der Waals surface area contributed by atoms with Crippen molar-refractivity contribution in [2.75, 3.05) is 0 Å².